The first-order valence-corrected chi connectivity index (χ1v) is 8.09. The van der Waals surface area contributed by atoms with Gasteiger partial charge in [0.25, 0.3) is 5.56 Å². The van der Waals surface area contributed by atoms with Crippen LogP contribution in [0.2, 0.25) is 0 Å². The number of rotatable bonds is 6. The summed E-state index contributed by atoms with van der Waals surface area (Å²) in [6, 6.07) is 10.4. The molecule has 26 heavy (non-hydrogen) atoms. The van der Waals surface area contributed by atoms with E-state index in [1.807, 2.05) is 30.3 Å². The molecule has 0 spiro atoms. The molecule has 2 heterocycles. The van der Waals surface area contributed by atoms with Crippen LogP contribution in [0.5, 0.6) is 0 Å². The van der Waals surface area contributed by atoms with Gasteiger partial charge in [-0.05, 0) is 5.56 Å². The maximum atomic E-state index is 12.6. The van der Waals surface area contributed by atoms with Crippen LogP contribution in [0.3, 0.4) is 0 Å². The molecule has 4 atom stereocenters. The zero-order valence-corrected chi connectivity index (χ0v) is 13.8. The number of aromatic nitrogens is 2. The van der Waals surface area contributed by atoms with Gasteiger partial charge >= 0.3 is 5.69 Å². The van der Waals surface area contributed by atoms with Crippen molar-refractivity contribution in [2.24, 2.45) is 0 Å². The van der Waals surface area contributed by atoms with E-state index in [9.17, 15) is 19.8 Å². The van der Waals surface area contributed by atoms with Gasteiger partial charge in [-0.25, -0.2) is 9.36 Å². The molecule has 0 saturated carbocycles. The number of ether oxygens (including phenoxy) is 2. The van der Waals surface area contributed by atoms with Crippen molar-refractivity contribution >= 4 is 0 Å². The quantitative estimate of drug-likeness (QED) is 0.588. The third-order valence-corrected chi connectivity index (χ3v) is 4.22. The van der Waals surface area contributed by atoms with Gasteiger partial charge in [-0.15, -0.1) is 0 Å². The highest BCUT2D eigenvalue weighted by Crippen LogP contribution is 2.27. The van der Waals surface area contributed by atoms with Gasteiger partial charge in [-0.3, -0.25) is 9.36 Å². The minimum Gasteiger partial charge on any atom is -0.394 e. The van der Waals surface area contributed by atoms with Crippen LogP contribution in [0.4, 0.5) is 0 Å². The van der Waals surface area contributed by atoms with Gasteiger partial charge in [0, 0.05) is 12.3 Å². The van der Waals surface area contributed by atoms with Crippen LogP contribution in [-0.4, -0.2) is 49.4 Å². The van der Waals surface area contributed by atoms with Gasteiger partial charge in [-0.1, -0.05) is 30.3 Å². The number of aliphatic hydroxyl groups excluding tert-OH is 3. The summed E-state index contributed by atoms with van der Waals surface area (Å²) in [4.78, 5) is 24.6. The highest BCUT2D eigenvalue weighted by atomic mass is 16.6. The zero-order valence-electron chi connectivity index (χ0n) is 13.8. The molecular weight excluding hydrogens is 344 g/mol. The second-order valence-corrected chi connectivity index (χ2v) is 5.96. The zero-order chi connectivity index (χ0) is 18.7. The summed E-state index contributed by atoms with van der Waals surface area (Å²) >= 11 is 0. The standard InChI is InChI=1S/C17H20N2O7/c20-8-12-14(22)15(23)16(26-12)18-7-6-13(21)19(17(18)24)10-25-9-11-4-2-1-3-5-11/h1-7,12,14-16,20,22-23H,8-10H2/t12-,14?,15?,16-/m1/s1. The van der Waals surface area contributed by atoms with Crippen LogP contribution in [-0.2, 0) is 22.8 Å². The molecule has 1 aromatic heterocycles. The summed E-state index contributed by atoms with van der Waals surface area (Å²) < 4.78 is 12.6. The van der Waals surface area contributed by atoms with E-state index in [1.165, 1.54) is 6.20 Å². The highest BCUT2D eigenvalue weighted by molar-refractivity contribution is 5.13. The summed E-state index contributed by atoms with van der Waals surface area (Å²) in [5.41, 5.74) is -0.424. The third-order valence-electron chi connectivity index (χ3n) is 4.22. The van der Waals surface area contributed by atoms with Crippen molar-refractivity contribution < 1.29 is 24.8 Å². The second-order valence-electron chi connectivity index (χ2n) is 5.96. The Hall–Kier alpha value is -2.30. The Labute approximate surface area is 148 Å². The molecule has 2 aromatic rings. The maximum Gasteiger partial charge on any atom is 0.335 e. The molecule has 0 bridgehead atoms. The fourth-order valence-electron chi connectivity index (χ4n) is 2.78. The lowest BCUT2D eigenvalue weighted by atomic mass is 10.1. The average molecular weight is 364 g/mol. The molecule has 1 fully saturated rings. The van der Waals surface area contributed by atoms with Crippen molar-refractivity contribution in [3.8, 4) is 0 Å². The topological polar surface area (TPSA) is 123 Å². The number of hydrogen-bond donors (Lipinski definition) is 3. The van der Waals surface area contributed by atoms with Crippen molar-refractivity contribution in [1.82, 2.24) is 9.13 Å². The first-order valence-electron chi connectivity index (χ1n) is 8.09. The van der Waals surface area contributed by atoms with Crippen molar-refractivity contribution in [1.29, 1.82) is 0 Å². The first kappa shape index (κ1) is 18.5. The Balaban J connectivity index is 1.79. The van der Waals surface area contributed by atoms with Gasteiger partial charge in [0.2, 0.25) is 0 Å². The van der Waals surface area contributed by atoms with Crippen LogP contribution >= 0.6 is 0 Å². The van der Waals surface area contributed by atoms with Gasteiger partial charge in [0.15, 0.2) is 6.23 Å². The molecule has 0 aliphatic carbocycles. The Morgan fingerprint density at radius 1 is 1.08 bits per heavy atom. The molecule has 2 unspecified atom stereocenters. The Morgan fingerprint density at radius 3 is 2.46 bits per heavy atom. The number of aliphatic hydroxyl groups is 3. The van der Waals surface area contributed by atoms with E-state index in [4.69, 9.17) is 14.6 Å². The SMILES string of the molecule is O=c1ccn([C@@H]2O[C@H](CO)C(O)C2O)c(=O)n1COCc1ccccc1. The van der Waals surface area contributed by atoms with Crippen molar-refractivity contribution in [2.45, 2.75) is 37.9 Å². The molecule has 0 radical (unpaired) electrons. The Bertz CT molecular complexity index is 848. The minimum absolute atomic E-state index is 0.218. The monoisotopic (exact) mass is 364 g/mol. The molecule has 1 aromatic carbocycles. The van der Waals surface area contributed by atoms with Crippen LogP contribution in [0.25, 0.3) is 0 Å². The van der Waals surface area contributed by atoms with E-state index in [2.05, 4.69) is 0 Å². The molecule has 1 aliphatic rings. The Kier molecular flexibility index (Phi) is 5.64. The smallest absolute Gasteiger partial charge is 0.335 e. The molecular formula is C17H20N2O7. The predicted molar refractivity (Wildman–Crippen MR) is 89.2 cm³/mol. The van der Waals surface area contributed by atoms with E-state index in [0.717, 1.165) is 20.8 Å². The van der Waals surface area contributed by atoms with Gasteiger partial charge in [0.05, 0.1) is 13.2 Å². The second kappa shape index (κ2) is 7.94. The fourth-order valence-corrected chi connectivity index (χ4v) is 2.78. The van der Waals surface area contributed by atoms with E-state index in [-0.39, 0.29) is 13.3 Å². The normalized spacial score (nSPS) is 25.5. The number of benzene rings is 1. The molecule has 140 valence electrons. The van der Waals surface area contributed by atoms with E-state index in [0.29, 0.717) is 0 Å². The van der Waals surface area contributed by atoms with Crippen LogP contribution < -0.4 is 11.2 Å². The average Bonchev–Trinajstić information content (AvgIpc) is 2.93. The summed E-state index contributed by atoms with van der Waals surface area (Å²) in [6.07, 6.45) is -3.81. The summed E-state index contributed by atoms with van der Waals surface area (Å²) in [5.74, 6) is 0. The molecule has 3 N–H and O–H groups in total. The summed E-state index contributed by atoms with van der Waals surface area (Å²) in [6.45, 7) is -0.568. The molecule has 3 rings (SSSR count). The van der Waals surface area contributed by atoms with Crippen LogP contribution in [0.1, 0.15) is 11.8 Å². The highest BCUT2D eigenvalue weighted by Gasteiger charge is 2.43. The lowest BCUT2D eigenvalue weighted by Crippen LogP contribution is -2.43. The molecule has 9 nitrogen and oxygen atoms in total. The van der Waals surface area contributed by atoms with Crippen LogP contribution in [0.15, 0.2) is 52.2 Å². The number of nitrogens with zero attached hydrogens (tertiary/aromatic N) is 2. The fraction of sp³-hybridized carbons (Fsp3) is 0.412. The Morgan fingerprint density at radius 2 is 1.81 bits per heavy atom. The summed E-state index contributed by atoms with van der Waals surface area (Å²) in [5, 5.41) is 29.0. The van der Waals surface area contributed by atoms with Crippen LogP contribution in [0, 0.1) is 0 Å². The maximum absolute atomic E-state index is 12.6. The van der Waals surface area contributed by atoms with Crippen molar-refractivity contribution in [3.63, 3.8) is 0 Å². The summed E-state index contributed by atoms with van der Waals surface area (Å²) in [7, 11) is 0. The lowest BCUT2D eigenvalue weighted by molar-refractivity contribution is -0.0566. The number of hydrogen-bond acceptors (Lipinski definition) is 7. The van der Waals surface area contributed by atoms with Gasteiger partial charge < -0.3 is 24.8 Å². The minimum atomic E-state index is -1.42. The lowest BCUT2D eigenvalue weighted by Gasteiger charge is -2.18. The van der Waals surface area contributed by atoms with E-state index in [1.54, 1.807) is 0 Å². The first-order chi connectivity index (χ1) is 12.5. The van der Waals surface area contributed by atoms with Crippen molar-refractivity contribution in [2.75, 3.05) is 6.61 Å². The predicted octanol–water partition coefficient (Wildman–Crippen LogP) is -1.20. The molecule has 1 aliphatic heterocycles. The van der Waals surface area contributed by atoms with Gasteiger partial charge in [-0.2, -0.15) is 0 Å². The molecule has 0 amide bonds. The van der Waals surface area contributed by atoms with E-state index < -0.39 is 42.4 Å². The van der Waals surface area contributed by atoms with Gasteiger partial charge in [0.1, 0.15) is 25.0 Å². The van der Waals surface area contributed by atoms with E-state index >= 15 is 0 Å². The largest absolute Gasteiger partial charge is 0.394 e. The third kappa shape index (κ3) is 3.62. The molecule has 9 heteroatoms. The van der Waals surface area contributed by atoms with Crippen molar-refractivity contribution in [3.05, 3.63) is 69.0 Å². The molecule has 1 saturated heterocycles.